The van der Waals surface area contributed by atoms with Gasteiger partial charge in [-0.3, -0.25) is 4.79 Å². The van der Waals surface area contributed by atoms with Gasteiger partial charge in [-0.25, -0.2) is 9.97 Å². The highest BCUT2D eigenvalue weighted by atomic mass is 16.2. The number of hydrogen-bond donors (Lipinski definition) is 0. The molecule has 0 saturated carbocycles. The first-order valence-electron chi connectivity index (χ1n) is 8.09. The van der Waals surface area contributed by atoms with Crippen molar-refractivity contribution in [1.82, 2.24) is 9.97 Å². The summed E-state index contributed by atoms with van der Waals surface area (Å²) in [6, 6.07) is 9.78. The molecule has 0 bridgehead atoms. The molecule has 2 aliphatic rings. The van der Waals surface area contributed by atoms with Gasteiger partial charge in [-0.15, -0.1) is 0 Å². The second kappa shape index (κ2) is 5.88. The Morgan fingerprint density at radius 1 is 1.04 bits per heavy atom. The highest BCUT2D eigenvalue weighted by Gasteiger charge is 2.26. The zero-order valence-corrected chi connectivity index (χ0v) is 13.4. The second-order valence-electron chi connectivity index (χ2n) is 6.01. The number of carbonyl (C=O) groups excluding carboxylic acids is 1. The summed E-state index contributed by atoms with van der Waals surface area (Å²) in [7, 11) is 0. The van der Waals surface area contributed by atoms with E-state index >= 15 is 0 Å². The monoisotopic (exact) mass is 330 g/mol. The third kappa shape index (κ3) is 2.47. The van der Waals surface area contributed by atoms with Crippen molar-refractivity contribution in [2.75, 3.05) is 22.9 Å². The average molecular weight is 330 g/mol. The molecule has 1 aromatic heterocycles. The maximum atomic E-state index is 11.9. The number of nitrogens with zero attached hydrogens (tertiary/aromatic N) is 6. The van der Waals surface area contributed by atoms with Crippen LogP contribution in [0.2, 0.25) is 0 Å². The Bertz CT molecular complexity index is 955. The van der Waals surface area contributed by atoms with Crippen LogP contribution in [0.15, 0.2) is 24.4 Å². The summed E-state index contributed by atoms with van der Waals surface area (Å²) in [5.74, 6) is 0.728. The first kappa shape index (κ1) is 15.1. The Morgan fingerprint density at radius 3 is 2.60 bits per heavy atom. The number of anilines is 3. The van der Waals surface area contributed by atoms with E-state index in [0.717, 1.165) is 42.9 Å². The lowest BCUT2D eigenvalue weighted by Gasteiger charge is -2.20. The Labute approximate surface area is 144 Å². The van der Waals surface area contributed by atoms with E-state index in [1.807, 2.05) is 34.1 Å². The fourth-order valence-electron chi connectivity index (χ4n) is 3.38. The number of carbonyl (C=O) groups is 1. The fraction of sp³-hybridized carbons (Fsp3) is 0.278. The summed E-state index contributed by atoms with van der Waals surface area (Å²) < 4.78 is 0. The van der Waals surface area contributed by atoms with Crippen LogP contribution in [0.4, 0.5) is 17.2 Å². The van der Waals surface area contributed by atoms with Crippen molar-refractivity contribution >= 4 is 23.1 Å². The number of aromatic nitrogens is 2. The van der Waals surface area contributed by atoms with Gasteiger partial charge in [0.05, 0.1) is 6.20 Å². The van der Waals surface area contributed by atoms with Gasteiger partial charge in [0.1, 0.15) is 12.1 Å². The number of fused-ring (bicyclic) bond motifs is 1. The van der Waals surface area contributed by atoms with E-state index in [0.29, 0.717) is 12.2 Å². The van der Waals surface area contributed by atoms with Crippen LogP contribution in [0.1, 0.15) is 29.8 Å². The molecule has 25 heavy (non-hydrogen) atoms. The first-order valence-corrected chi connectivity index (χ1v) is 8.09. The van der Waals surface area contributed by atoms with Crippen molar-refractivity contribution in [2.24, 2.45) is 0 Å². The van der Waals surface area contributed by atoms with Crippen molar-refractivity contribution < 1.29 is 4.79 Å². The van der Waals surface area contributed by atoms with Crippen LogP contribution in [0, 0.1) is 22.7 Å². The predicted molar refractivity (Wildman–Crippen MR) is 90.2 cm³/mol. The molecule has 122 valence electrons. The van der Waals surface area contributed by atoms with Crippen LogP contribution >= 0.6 is 0 Å². The molecule has 1 amide bonds. The van der Waals surface area contributed by atoms with E-state index in [2.05, 4.69) is 16.0 Å². The Balaban J connectivity index is 1.68. The maximum Gasteiger partial charge on any atom is 0.227 e. The summed E-state index contributed by atoms with van der Waals surface area (Å²) >= 11 is 0. The van der Waals surface area contributed by atoms with Gasteiger partial charge in [0.2, 0.25) is 5.91 Å². The zero-order chi connectivity index (χ0) is 17.4. The zero-order valence-electron chi connectivity index (χ0n) is 13.4. The van der Waals surface area contributed by atoms with Crippen LogP contribution < -0.4 is 9.80 Å². The summed E-state index contributed by atoms with van der Waals surface area (Å²) in [4.78, 5) is 24.1. The van der Waals surface area contributed by atoms with Crippen molar-refractivity contribution in [1.29, 1.82) is 10.5 Å². The normalized spacial score (nSPS) is 15.8. The number of nitriles is 2. The van der Waals surface area contributed by atoms with Crippen molar-refractivity contribution in [3.63, 3.8) is 0 Å². The molecule has 0 radical (unpaired) electrons. The largest absolute Gasteiger partial charge is 0.324 e. The Kier molecular flexibility index (Phi) is 3.55. The number of benzene rings is 1. The summed E-state index contributed by atoms with van der Waals surface area (Å²) in [5.41, 5.74) is 3.15. The lowest BCUT2D eigenvalue weighted by molar-refractivity contribution is -0.117. The number of hydrogen-bond acceptors (Lipinski definition) is 6. The van der Waals surface area contributed by atoms with Crippen LogP contribution in [-0.2, 0) is 11.2 Å². The SMILES string of the molecule is N#Cc1ncc(N2CCc3cc(N4CCCC4=O)ccc32)nc1C#N. The van der Waals surface area contributed by atoms with Gasteiger partial charge in [-0.05, 0) is 36.6 Å². The molecule has 2 aliphatic heterocycles. The molecule has 3 heterocycles. The molecule has 0 spiro atoms. The van der Waals surface area contributed by atoms with Crippen molar-refractivity contribution in [2.45, 2.75) is 19.3 Å². The molecule has 0 atom stereocenters. The highest BCUT2D eigenvalue weighted by Crippen LogP contribution is 2.36. The van der Waals surface area contributed by atoms with Crippen LogP contribution in [0.25, 0.3) is 0 Å². The topological polar surface area (TPSA) is 96.9 Å². The van der Waals surface area contributed by atoms with Gasteiger partial charge in [0.25, 0.3) is 0 Å². The Morgan fingerprint density at radius 2 is 1.88 bits per heavy atom. The predicted octanol–water partition coefficient (Wildman–Crippen LogP) is 2.04. The van der Waals surface area contributed by atoms with E-state index in [-0.39, 0.29) is 17.3 Å². The molecular weight excluding hydrogens is 316 g/mol. The summed E-state index contributed by atoms with van der Waals surface area (Å²) in [5, 5.41) is 18.1. The van der Waals surface area contributed by atoms with Gasteiger partial charge >= 0.3 is 0 Å². The van der Waals surface area contributed by atoms with E-state index in [1.54, 1.807) is 0 Å². The third-order valence-electron chi connectivity index (χ3n) is 4.59. The minimum atomic E-state index is 0.0349. The average Bonchev–Trinajstić information content (AvgIpc) is 3.26. The van der Waals surface area contributed by atoms with Gasteiger partial charge in [0.15, 0.2) is 17.2 Å². The molecule has 4 rings (SSSR count). The second-order valence-corrected chi connectivity index (χ2v) is 6.01. The van der Waals surface area contributed by atoms with Crippen LogP contribution in [-0.4, -0.2) is 29.0 Å². The fourth-order valence-corrected chi connectivity index (χ4v) is 3.38. The van der Waals surface area contributed by atoms with E-state index < -0.39 is 0 Å². The minimum Gasteiger partial charge on any atom is -0.324 e. The third-order valence-corrected chi connectivity index (χ3v) is 4.59. The molecule has 7 heteroatoms. The van der Waals surface area contributed by atoms with Crippen LogP contribution in [0.5, 0.6) is 0 Å². The van der Waals surface area contributed by atoms with Crippen molar-refractivity contribution in [3.8, 4) is 12.1 Å². The summed E-state index contributed by atoms with van der Waals surface area (Å²) in [6.45, 7) is 1.49. The first-order chi connectivity index (χ1) is 12.2. The lowest BCUT2D eigenvalue weighted by atomic mass is 10.1. The van der Waals surface area contributed by atoms with Crippen molar-refractivity contribution in [3.05, 3.63) is 41.3 Å². The molecular formula is C18H14N6O. The van der Waals surface area contributed by atoms with Gasteiger partial charge < -0.3 is 9.80 Å². The molecule has 1 aromatic carbocycles. The maximum absolute atomic E-state index is 11.9. The quantitative estimate of drug-likeness (QED) is 0.836. The molecule has 0 aliphatic carbocycles. The lowest BCUT2D eigenvalue weighted by Crippen LogP contribution is -2.23. The summed E-state index contributed by atoms with van der Waals surface area (Å²) in [6.07, 6.45) is 3.86. The molecule has 2 aromatic rings. The van der Waals surface area contributed by atoms with Crippen LogP contribution in [0.3, 0.4) is 0 Å². The molecule has 7 nitrogen and oxygen atoms in total. The van der Waals surface area contributed by atoms with Gasteiger partial charge in [-0.1, -0.05) is 0 Å². The van der Waals surface area contributed by atoms with E-state index in [1.165, 1.54) is 6.20 Å². The molecule has 0 N–H and O–H groups in total. The molecule has 0 unspecified atom stereocenters. The smallest absolute Gasteiger partial charge is 0.227 e. The Hall–Kier alpha value is -3.45. The minimum absolute atomic E-state index is 0.0349. The highest BCUT2D eigenvalue weighted by molar-refractivity contribution is 5.95. The molecule has 1 saturated heterocycles. The standard InChI is InChI=1S/C18H14N6O/c19-9-14-15(10-20)22-17(11-21-14)24-7-5-12-8-13(3-4-16(12)24)23-6-1-2-18(23)25/h3-4,8,11H,1-2,5-7H2. The number of amides is 1. The molecule has 1 fully saturated rings. The van der Waals surface area contributed by atoms with Gasteiger partial charge in [0, 0.05) is 30.9 Å². The van der Waals surface area contributed by atoms with E-state index in [9.17, 15) is 4.79 Å². The van der Waals surface area contributed by atoms with E-state index in [4.69, 9.17) is 10.5 Å². The van der Waals surface area contributed by atoms with Gasteiger partial charge in [-0.2, -0.15) is 10.5 Å². The number of rotatable bonds is 2.